The smallest absolute Gasteiger partial charge is 0.277 e. The van der Waals surface area contributed by atoms with Crippen molar-refractivity contribution in [1.82, 2.24) is 15.0 Å². The van der Waals surface area contributed by atoms with Crippen molar-refractivity contribution in [1.29, 1.82) is 0 Å². The third-order valence-electron chi connectivity index (χ3n) is 5.18. The standard InChI is InChI=1S/C22H21BrFN5O2/c1-13-9-15(23)5-6-17(13)27-20-16(22(30)28-31-11-14-3-4-14)10-18-21(19(20)24)26-12-29(18)8-7-25-2/h5-6,9-10,12,14,27H,3-4,7-8,11H2,1H3,(H,28,30). The van der Waals surface area contributed by atoms with Crippen molar-refractivity contribution < 1.29 is 14.0 Å². The summed E-state index contributed by atoms with van der Waals surface area (Å²) in [6.45, 7) is 9.92. The number of imidazole rings is 1. The third kappa shape index (κ3) is 4.70. The number of carbonyl (C=O) groups excluding carboxylic acids is 1. The highest BCUT2D eigenvalue weighted by molar-refractivity contribution is 9.10. The van der Waals surface area contributed by atoms with Gasteiger partial charge in [0.25, 0.3) is 5.91 Å². The van der Waals surface area contributed by atoms with Gasteiger partial charge in [0.2, 0.25) is 6.54 Å². The Morgan fingerprint density at radius 3 is 2.94 bits per heavy atom. The first-order valence-electron chi connectivity index (χ1n) is 9.93. The minimum atomic E-state index is -0.631. The number of hydroxylamine groups is 1. The summed E-state index contributed by atoms with van der Waals surface area (Å²) in [4.78, 5) is 25.8. The Labute approximate surface area is 187 Å². The van der Waals surface area contributed by atoms with E-state index in [1.807, 2.05) is 25.1 Å². The van der Waals surface area contributed by atoms with Crippen LogP contribution in [-0.2, 0) is 11.4 Å². The van der Waals surface area contributed by atoms with Crippen LogP contribution in [0, 0.1) is 25.2 Å². The molecule has 0 bridgehead atoms. The quantitative estimate of drug-likeness (QED) is 0.348. The van der Waals surface area contributed by atoms with Crippen molar-refractivity contribution in [3.05, 3.63) is 63.4 Å². The van der Waals surface area contributed by atoms with Crippen molar-refractivity contribution >= 4 is 44.2 Å². The zero-order valence-corrected chi connectivity index (χ0v) is 18.5. The topological polar surface area (TPSA) is 72.5 Å². The molecule has 3 aromatic rings. The van der Waals surface area contributed by atoms with E-state index in [1.165, 1.54) is 6.33 Å². The second-order valence-electron chi connectivity index (χ2n) is 7.57. The van der Waals surface area contributed by atoms with Gasteiger partial charge in [-0.1, -0.05) is 15.9 Å². The molecule has 1 aliphatic rings. The number of nitrogens with zero attached hydrogens (tertiary/aromatic N) is 3. The normalized spacial score (nSPS) is 13.2. The maximum absolute atomic E-state index is 15.6. The average Bonchev–Trinajstić information content (AvgIpc) is 3.48. The van der Waals surface area contributed by atoms with Crippen LogP contribution in [0.4, 0.5) is 15.8 Å². The molecule has 160 valence electrons. The lowest BCUT2D eigenvalue weighted by molar-refractivity contribution is 0.0271. The lowest BCUT2D eigenvalue weighted by Crippen LogP contribution is -2.26. The fraction of sp³-hybridized carbons (Fsp3) is 0.318. The van der Waals surface area contributed by atoms with Gasteiger partial charge < -0.3 is 14.7 Å². The van der Waals surface area contributed by atoms with Crippen LogP contribution in [0.15, 0.2) is 35.1 Å². The number of hydrogen-bond donors (Lipinski definition) is 2. The van der Waals surface area contributed by atoms with Crippen molar-refractivity contribution in [2.24, 2.45) is 5.92 Å². The molecule has 7 nitrogen and oxygen atoms in total. The van der Waals surface area contributed by atoms with E-state index >= 15 is 4.39 Å². The maximum atomic E-state index is 15.6. The fourth-order valence-electron chi connectivity index (χ4n) is 3.26. The molecular formula is C22H21BrFN5O2. The SMILES string of the molecule is [C-]#[N+]CCn1cnc2c(F)c(Nc3ccc(Br)cc3C)c(C(=O)NOCC3CC3)cc21. The maximum Gasteiger partial charge on any atom is 0.277 e. The second kappa shape index (κ2) is 9.04. The lowest BCUT2D eigenvalue weighted by Gasteiger charge is -2.16. The summed E-state index contributed by atoms with van der Waals surface area (Å²) in [6, 6.07) is 7.13. The minimum absolute atomic E-state index is 0.0286. The van der Waals surface area contributed by atoms with Gasteiger partial charge in [0, 0.05) is 10.2 Å². The van der Waals surface area contributed by atoms with Gasteiger partial charge in [-0.2, -0.15) is 0 Å². The van der Waals surface area contributed by atoms with Gasteiger partial charge in [-0.25, -0.2) is 21.4 Å². The molecule has 0 saturated heterocycles. The minimum Gasteiger partial charge on any atom is -0.352 e. The molecule has 1 saturated carbocycles. The Hall–Kier alpha value is -2.96. The van der Waals surface area contributed by atoms with E-state index in [0.29, 0.717) is 30.3 Å². The molecule has 1 aliphatic carbocycles. The summed E-state index contributed by atoms with van der Waals surface area (Å²) >= 11 is 3.42. The Morgan fingerprint density at radius 1 is 1.42 bits per heavy atom. The van der Waals surface area contributed by atoms with Gasteiger partial charge in [0.15, 0.2) is 5.82 Å². The van der Waals surface area contributed by atoms with Gasteiger partial charge in [-0.15, -0.1) is 0 Å². The number of rotatable bonds is 8. The summed E-state index contributed by atoms with van der Waals surface area (Å²) < 4.78 is 18.1. The largest absolute Gasteiger partial charge is 0.352 e. The summed E-state index contributed by atoms with van der Waals surface area (Å²) in [5.74, 6) is -0.706. The third-order valence-corrected chi connectivity index (χ3v) is 5.68. The number of carbonyl (C=O) groups is 1. The number of nitrogens with one attached hydrogen (secondary N) is 2. The van der Waals surface area contributed by atoms with Gasteiger partial charge in [0.1, 0.15) is 5.52 Å². The number of hydrogen-bond acceptors (Lipinski definition) is 4. The number of amides is 1. The first-order chi connectivity index (χ1) is 15.0. The van der Waals surface area contributed by atoms with E-state index in [1.54, 1.807) is 10.6 Å². The predicted octanol–water partition coefficient (Wildman–Crippen LogP) is 4.98. The van der Waals surface area contributed by atoms with Gasteiger partial charge in [-0.3, -0.25) is 9.63 Å². The van der Waals surface area contributed by atoms with Crippen molar-refractivity contribution in [3.8, 4) is 0 Å². The molecular weight excluding hydrogens is 465 g/mol. The Kier molecular flexibility index (Phi) is 6.20. The van der Waals surface area contributed by atoms with E-state index in [2.05, 4.69) is 36.6 Å². The highest BCUT2D eigenvalue weighted by Crippen LogP contribution is 2.33. The molecule has 1 fully saturated rings. The van der Waals surface area contributed by atoms with Crippen LogP contribution in [-0.4, -0.2) is 28.6 Å². The van der Waals surface area contributed by atoms with E-state index < -0.39 is 11.7 Å². The Balaban J connectivity index is 1.74. The number of halogens is 2. The molecule has 9 heteroatoms. The number of aromatic nitrogens is 2. The molecule has 0 atom stereocenters. The number of anilines is 2. The molecule has 2 aromatic carbocycles. The average molecular weight is 486 g/mol. The molecule has 1 heterocycles. The van der Waals surface area contributed by atoms with Crippen LogP contribution in [0.3, 0.4) is 0 Å². The molecule has 0 radical (unpaired) electrons. The molecule has 2 N–H and O–H groups in total. The zero-order chi connectivity index (χ0) is 22.0. The number of fused-ring (bicyclic) bond motifs is 1. The summed E-state index contributed by atoms with van der Waals surface area (Å²) in [6.07, 6.45) is 3.66. The molecule has 0 unspecified atom stereocenters. The number of aryl methyl sites for hydroxylation is 1. The van der Waals surface area contributed by atoms with E-state index in [9.17, 15) is 4.79 Å². The Morgan fingerprint density at radius 2 is 2.23 bits per heavy atom. The Bertz CT molecular complexity index is 1180. The first-order valence-corrected chi connectivity index (χ1v) is 10.7. The van der Waals surface area contributed by atoms with Crippen LogP contribution in [0.25, 0.3) is 15.9 Å². The number of benzene rings is 2. The van der Waals surface area contributed by atoms with Crippen molar-refractivity contribution in [3.63, 3.8) is 0 Å². The van der Waals surface area contributed by atoms with Crippen molar-refractivity contribution in [2.45, 2.75) is 26.3 Å². The van der Waals surface area contributed by atoms with Crippen LogP contribution in [0.1, 0.15) is 28.8 Å². The molecule has 31 heavy (non-hydrogen) atoms. The second-order valence-corrected chi connectivity index (χ2v) is 8.49. The lowest BCUT2D eigenvalue weighted by atomic mass is 10.1. The van der Waals surface area contributed by atoms with Crippen LogP contribution in [0.5, 0.6) is 0 Å². The van der Waals surface area contributed by atoms with E-state index in [4.69, 9.17) is 11.4 Å². The molecule has 4 rings (SSSR count). The van der Waals surface area contributed by atoms with Gasteiger partial charge in [-0.05, 0) is 55.5 Å². The van der Waals surface area contributed by atoms with Gasteiger partial charge >= 0.3 is 0 Å². The summed E-state index contributed by atoms with van der Waals surface area (Å²) in [7, 11) is 0. The zero-order valence-electron chi connectivity index (χ0n) is 16.9. The monoisotopic (exact) mass is 485 g/mol. The highest BCUT2D eigenvalue weighted by Gasteiger charge is 2.25. The van der Waals surface area contributed by atoms with Crippen LogP contribution in [0.2, 0.25) is 0 Å². The van der Waals surface area contributed by atoms with Crippen molar-refractivity contribution in [2.75, 3.05) is 18.5 Å². The van der Waals surface area contributed by atoms with Crippen LogP contribution < -0.4 is 10.8 Å². The molecule has 0 aliphatic heterocycles. The summed E-state index contributed by atoms with van der Waals surface area (Å²) in [5.41, 5.74) is 4.71. The molecule has 1 aromatic heterocycles. The van der Waals surface area contributed by atoms with E-state index in [-0.39, 0.29) is 23.3 Å². The van der Waals surface area contributed by atoms with Crippen LogP contribution >= 0.6 is 15.9 Å². The molecule has 1 amide bonds. The van der Waals surface area contributed by atoms with E-state index in [0.717, 1.165) is 22.9 Å². The fourth-order valence-corrected chi connectivity index (χ4v) is 3.74. The summed E-state index contributed by atoms with van der Waals surface area (Å²) in [5, 5.41) is 3.06. The molecule has 0 spiro atoms. The highest BCUT2D eigenvalue weighted by atomic mass is 79.9. The van der Waals surface area contributed by atoms with Gasteiger partial charge in [0.05, 0.1) is 36.2 Å². The first kappa shape index (κ1) is 21.3. The predicted molar refractivity (Wildman–Crippen MR) is 119 cm³/mol.